The van der Waals surface area contributed by atoms with Gasteiger partial charge in [0.25, 0.3) is 5.91 Å². The van der Waals surface area contributed by atoms with Crippen LogP contribution in [0.1, 0.15) is 66.5 Å². The number of anilines is 1. The summed E-state index contributed by atoms with van der Waals surface area (Å²) in [5.41, 5.74) is 7.50. The number of methoxy groups -OCH3 is 1. The van der Waals surface area contributed by atoms with E-state index in [1.165, 1.54) is 36.3 Å². The number of nitrogens with zero attached hydrogens (tertiary/aromatic N) is 1. The number of hydrogen-bond donors (Lipinski definition) is 4. The number of amides is 4. The third-order valence-corrected chi connectivity index (χ3v) is 6.65. The van der Waals surface area contributed by atoms with Gasteiger partial charge in [0.05, 0.1) is 12.7 Å². The minimum Gasteiger partial charge on any atom is -0.465 e. The Labute approximate surface area is 244 Å². The summed E-state index contributed by atoms with van der Waals surface area (Å²) in [6, 6.07) is 9.08. The average Bonchev–Trinajstić information content (AvgIpc) is 2.88. The number of nitrogens with one attached hydrogen (secondary N) is 2. The normalized spacial score (nSPS) is 15.7. The molecule has 0 radical (unpaired) electrons. The predicted molar refractivity (Wildman–Crippen MR) is 156 cm³/mol. The third-order valence-electron chi connectivity index (χ3n) is 6.39. The first-order valence-corrected chi connectivity index (χ1v) is 13.4. The fraction of sp³-hybridized carbons (Fsp3) is 0.414. The molecule has 2 unspecified atom stereocenters. The molecule has 0 saturated carbocycles. The molecule has 3 rings (SSSR count). The highest BCUT2D eigenvalue weighted by molar-refractivity contribution is 7.81. The van der Waals surface area contributed by atoms with Crippen LogP contribution in [0.4, 0.5) is 10.5 Å². The van der Waals surface area contributed by atoms with E-state index >= 15 is 0 Å². The van der Waals surface area contributed by atoms with Crippen molar-refractivity contribution in [3.63, 3.8) is 0 Å². The Morgan fingerprint density at radius 3 is 2.12 bits per heavy atom. The van der Waals surface area contributed by atoms with E-state index < -0.39 is 52.2 Å². The number of nitrogens with two attached hydrogens (primary N) is 1. The molecular weight excluding hydrogens is 548 g/mol. The standard InChI is InChI=1S/C29H36N4O7S/c1-28(2,3)40-27(38)32-22(29(4,5)41)25(36)33-15-19-13-20(12-11-18(19)14-21(33)23(30)34)31-24(35)16-7-9-17(10-8-16)26(37)39-6/h7-13,21-22,41H,14-15H2,1-6H3,(H2,30,34)(H,31,35)(H,32,38). The van der Waals surface area contributed by atoms with Gasteiger partial charge in [-0.3, -0.25) is 14.4 Å². The second-order valence-corrected chi connectivity index (χ2v) is 12.5. The molecule has 11 nitrogen and oxygen atoms in total. The van der Waals surface area contributed by atoms with E-state index in [9.17, 15) is 24.0 Å². The summed E-state index contributed by atoms with van der Waals surface area (Å²) in [4.78, 5) is 64.6. The lowest BCUT2D eigenvalue weighted by atomic mass is 9.91. The Kier molecular flexibility index (Phi) is 9.37. The lowest BCUT2D eigenvalue weighted by Gasteiger charge is -2.40. The van der Waals surface area contributed by atoms with Gasteiger partial charge in [-0.25, -0.2) is 9.59 Å². The number of carbonyl (C=O) groups is 5. The third kappa shape index (κ3) is 8.00. The maximum absolute atomic E-state index is 13.8. The molecule has 1 aliphatic heterocycles. The molecule has 0 fully saturated rings. The van der Waals surface area contributed by atoms with Gasteiger partial charge in [0, 0.05) is 29.0 Å². The Balaban J connectivity index is 1.85. The van der Waals surface area contributed by atoms with Gasteiger partial charge < -0.3 is 30.7 Å². The van der Waals surface area contributed by atoms with Crippen molar-refractivity contribution in [2.24, 2.45) is 5.73 Å². The number of rotatable bonds is 7. The van der Waals surface area contributed by atoms with Crippen molar-refractivity contribution < 1.29 is 33.4 Å². The maximum atomic E-state index is 13.8. The number of carbonyl (C=O) groups excluding carboxylic acids is 5. The van der Waals surface area contributed by atoms with Crippen molar-refractivity contribution in [1.82, 2.24) is 10.2 Å². The molecule has 41 heavy (non-hydrogen) atoms. The first-order chi connectivity index (χ1) is 19.0. The lowest BCUT2D eigenvalue weighted by molar-refractivity contribution is -0.142. The predicted octanol–water partition coefficient (Wildman–Crippen LogP) is 3.07. The molecule has 0 aliphatic carbocycles. The number of primary amides is 1. The van der Waals surface area contributed by atoms with Crippen LogP contribution >= 0.6 is 12.6 Å². The van der Waals surface area contributed by atoms with Gasteiger partial charge >= 0.3 is 12.1 Å². The van der Waals surface area contributed by atoms with E-state index in [0.717, 1.165) is 5.56 Å². The fourth-order valence-electron chi connectivity index (χ4n) is 4.36. The molecule has 2 atom stereocenters. The second kappa shape index (κ2) is 12.2. The fourth-order valence-corrected chi connectivity index (χ4v) is 4.53. The van der Waals surface area contributed by atoms with Crippen LogP contribution < -0.4 is 16.4 Å². The summed E-state index contributed by atoms with van der Waals surface area (Å²) in [6.45, 7) is 8.45. The van der Waals surface area contributed by atoms with Crippen LogP contribution in [-0.4, -0.2) is 64.2 Å². The van der Waals surface area contributed by atoms with Crippen molar-refractivity contribution in [3.8, 4) is 0 Å². The summed E-state index contributed by atoms with van der Waals surface area (Å²) < 4.78 is 8.99. The zero-order valence-corrected chi connectivity index (χ0v) is 24.8. The van der Waals surface area contributed by atoms with Gasteiger partial charge in [-0.15, -0.1) is 0 Å². The number of benzene rings is 2. The molecule has 4 N–H and O–H groups in total. The van der Waals surface area contributed by atoms with Crippen LogP contribution in [0.5, 0.6) is 0 Å². The lowest BCUT2D eigenvalue weighted by Crippen LogP contribution is -2.61. The molecule has 2 aromatic rings. The molecule has 1 aliphatic rings. The number of thiol groups is 1. The van der Waals surface area contributed by atoms with Gasteiger partial charge in [-0.2, -0.15) is 12.6 Å². The SMILES string of the molecule is COC(=O)c1ccc(C(=O)Nc2ccc3c(c2)CN(C(=O)C(NC(=O)OC(C)(C)C)C(C)(C)S)C(C(N)=O)C3)cc1. The van der Waals surface area contributed by atoms with Crippen molar-refractivity contribution in [3.05, 3.63) is 64.7 Å². The summed E-state index contributed by atoms with van der Waals surface area (Å²) >= 11 is 4.54. The number of alkyl carbamates (subject to hydrolysis) is 1. The number of esters is 1. The highest BCUT2D eigenvalue weighted by Gasteiger charge is 2.42. The van der Waals surface area contributed by atoms with Crippen LogP contribution in [0.15, 0.2) is 42.5 Å². The molecular formula is C29H36N4O7S. The van der Waals surface area contributed by atoms with Crippen LogP contribution in [0.25, 0.3) is 0 Å². The van der Waals surface area contributed by atoms with Crippen molar-refractivity contribution >= 4 is 48.1 Å². The Morgan fingerprint density at radius 2 is 1.59 bits per heavy atom. The van der Waals surface area contributed by atoms with E-state index in [4.69, 9.17) is 10.5 Å². The van der Waals surface area contributed by atoms with E-state index in [-0.39, 0.29) is 13.0 Å². The average molecular weight is 585 g/mol. The summed E-state index contributed by atoms with van der Waals surface area (Å²) in [5.74, 6) is -2.15. The molecule has 0 saturated heterocycles. The van der Waals surface area contributed by atoms with Gasteiger partial charge in [0.1, 0.15) is 17.7 Å². The molecule has 2 aromatic carbocycles. The molecule has 0 spiro atoms. The Hall–Kier alpha value is -4.06. The quantitative estimate of drug-likeness (QED) is 0.288. The molecule has 4 amide bonds. The Morgan fingerprint density at radius 1 is 0.976 bits per heavy atom. The van der Waals surface area contributed by atoms with Crippen LogP contribution in [0.2, 0.25) is 0 Å². The number of hydrogen-bond acceptors (Lipinski definition) is 8. The van der Waals surface area contributed by atoms with Gasteiger partial charge in [-0.05, 0) is 82.1 Å². The topological polar surface area (TPSA) is 157 Å². The van der Waals surface area contributed by atoms with E-state index in [2.05, 4.69) is 28.0 Å². The van der Waals surface area contributed by atoms with Crippen LogP contribution in [-0.2, 0) is 32.0 Å². The van der Waals surface area contributed by atoms with Crippen LogP contribution in [0.3, 0.4) is 0 Å². The first-order valence-electron chi connectivity index (χ1n) is 12.9. The van der Waals surface area contributed by atoms with Crippen LogP contribution in [0, 0.1) is 0 Å². The van der Waals surface area contributed by atoms with E-state index in [1.54, 1.807) is 52.8 Å². The molecule has 1 heterocycles. The number of fused-ring (bicyclic) bond motifs is 1. The molecule has 220 valence electrons. The molecule has 12 heteroatoms. The van der Waals surface area contributed by atoms with Crippen molar-refractivity contribution in [1.29, 1.82) is 0 Å². The Bertz CT molecular complexity index is 1350. The second-order valence-electron chi connectivity index (χ2n) is 11.3. The van der Waals surface area contributed by atoms with E-state index in [0.29, 0.717) is 22.4 Å². The highest BCUT2D eigenvalue weighted by Crippen LogP contribution is 2.29. The monoisotopic (exact) mass is 584 g/mol. The van der Waals surface area contributed by atoms with E-state index in [1.807, 2.05) is 0 Å². The zero-order valence-electron chi connectivity index (χ0n) is 23.9. The summed E-state index contributed by atoms with van der Waals surface area (Å²) in [5, 5.41) is 5.41. The van der Waals surface area contributed by atoms with Gasteiger partial charge in [0.2, 0.25) is 11.8 Å². The summed E-state index contributed by atoms with van der Waals surface area (Å²) in [7, 11) is 1.27. The minimum atomic E-state index is -1.14. The number of ether oxygens (including phenoxy) is 2. The van der Waals surface area contributed by atoms with Crippen molar-refractivity contribution in [2.45, 2.75) is 70.0 Å². The smallest absolute Gasteiger partial charge is 0.408 e. The van der Waals surface area contributed by atoms with Crippen molar-refractivity contribution in [2.75, 3.05) is 12.4 Å². The van der Waals surface area contributed by atoms with Gasteiger partial charge in [0.15, 0.2) is 0 Å². The zero-order chi connectivity index (χ0) is 30.7. The first kappa shape index (κ1) is 31.5. The molecule has 0 bridgehead atoms. The maximum Gasteiger partial charge on any atom is 0.408 e. The minimum absolute atomic E-state index is 0.00959. The molecule has 0 aromatic heterocycles. The largest absolute Gasteiger partial charge is 0.465 e. The summed E-state index contributed by atoms with van der Waals surface area (Å²) in [6.07, 6.45) is -0.637. The van der Waals surface area contributed by atoms with Gasteiger partial charge in [-0.1, -0.05) is 6.07 Å². The highest BCUT2D eigenvalue weighted by atomic mass is 32.1.